The molecule has 1 aromatic carbocycles. The highest BCUT2D eigenvalue weighted by Gasteiger charge is 2.12. The fourth-order valence-electron chi connectivity index (χ4n) is 1.32. The van der Waals surface area contributed by atoms with Crippen LogP contribution < -0.4 is 10.5 Å². The summed E-state index contributed by atoms with van der Waals surface area (Å²) in [6, 6.07) is 5.64. The van der Waals surface area contributed by atoms with Gasteiger partial charge in [0, 0.05) is 12.0 Å². The lowest BCUT2D eigenvalue weighted by molar-refractivity contribution is 0.0552. The Bertz CT molecular complexity index is 410. The van der Waals surface area contributed by atoms with E-state index in [0.717, 1.165) is 16.9 Å². The zero-order valence-electron chi connectivity index (χ0n) is 10.5. The van der Waals surface area contributed by atoms with Crippen molar-refractivity contribution in [2.24, 2.45) is 5.73 Å². The normalized spacial score (nSPS) is 11.3. The van der Waals surface area contributed by atoms with E-state index >= 15 is 0 Å². The summed E-state index contributed by atoms with van der Waals surface area (Å²) < 4.78 is 5.63. The maximum atomic E-state index is 9.59. The minimum Gasteiger partial charge on any atom is -0.493 e. The van der Waals surface area contributed by atoms with Crippen LogP contribution >= 0.6 is 12.2 Å². The summed E-state index contributed by atoms with van der Waals surface area (Å²) in [5.74, 6) is 0.763. The average Bonchev–Trinajstić information content (AvgIpc) is 2.18. The average molecular weight is 253 g/mol. The highest BCUT2D eigenvalue weighted by atomic mass is 32.1. The van der Waals surface area contributed by atoms with Gasteiger partial charge in [0.05, 0.1) is 12.2 Å². The van der Waals surface area contributed by atoms with Crippen molar-refractivity contribution >= 4 is 17.2 Å². The monoisotopic (exact) mass is 253 g/mol. The highest BCUT2D eigenvalue weighted by molar-refractivity contribution is 7.80. The fourth-order valence-corrected chi connectivity index (χ4v) is 1.45. The molecule has 17 heavy (non-hydrogen) atoms. The molecular formula is C13H19NO2S. The Morgan fingerprint density at radius 1 is 1.47 bits per heavy atom. The number of rotatable bonds is 5. The first-order valence-corrected chi connectivity index (χ1v) is 5.96. The molecule has 0 saturated carbocycles. The molecule has 94 valence electrons. The van der Waals surface area contributed by atoms with E-state index in [0.29, 0.717) is 18.0 Å². The number of benzene rings is 1. The molecule has 0 bridgehead atoms. The molecule has 0 aliphatic rings. The lowest BCUT2D eigenvalue weighted by Crippen LogP contribution is -2.22. The van der Waals surface area contributed by atoms with Crippen LogP contribution in [0.15, 0.2) is 18.2 Å². The van der Waals surface area contributed by atoms with Gasteiger partial charge in [0.25, 0.3) is 0 Å². The number of aryl methyl sites for hydroxylation is 1. The Hall–Kier alpha value is -1.13. The maximum Gasteiger partial charge on any atom is 0.122 e. The van der Waals surface area contributed by atoms with Gasteiger partial charge in [-0.3, -0.25) is 0 Å². The molecule has 3 N–H and O–H groups in total. The highest BCUT2D eigenvalue weighted by Crippen LogP contribution is 2.20. The van der Waals surface area contributed by atoms with E-state index in [1.165, 1.54) is 0 Å². The molecule has 1 rings (SSSR count). The summed E-state index contributed by atoms with van der Waals surface area (Å²) in [6.45, 7) is 5.94. The second kappa shape index (κ2) is 5.47. The maximum absolute atomic E-state index is 9.59. The van der Waals surface area contributed by atoms with Gasteiger partial charge in [-0.25, -0.2) is 0 Å². The fraction of sp³-hybridized carbons (Fsp3) is 0.462. The van der Waals surface area contributed by atoms with Gasteiger partial charge in [0.1, 0.15) is 10.7 Å². The second-order valence-electron chi connectivity index (χ2n) is 4.76. The second-order valence-corrected chi connectivity index (χ2v) is 5.20. The Labute approximate surface area is 108 Å². The quantitative estimate of drug-likeness (QED) is 0.790. The summed E-state index contributed by atoms with van der Waals surface area (Å²) in [6.07, 6.45) is 0.573. The van der Waals surface area contributed by atoms with E-state index < -0.39 is 5.60 Å². The van der Waals surface area contributed by atoms with E-state index in [9.17, 15) is 5.11 Å². The van der Waals surface area contributed by atoms with E-state index in [2.05, 4.69) is 0 Å². The summed E-state index contributed by atoms with van der Waals surface area (Å²) >= 11 is 4.92. The Balaban J connectivity index is 2.70. The number of thiocarbonyl (C=S) groups is 1. The van der Waals surface area contributed by atoms with Gasteiger partial charge in [-0.15, -0.1) is 0 Å². The van der Waals surface area contributed by atoms with Crippen molar-refractivity contribution in [3.05, 3.63) is 29.3 Å². The van der Waals surface area contributed by atoms with Gasteiger partial charge >= 0.3 is 0 Å². The molecule has 3 nitrogen and oxygen atoms in total. The zero-order chi connectivity index (χ0) is 13.1. The molecule has 0 aromatic heterocycles. The topological polar surface area (TPSA) is 55.5 Å². The van der Waals surface area contributed by atoms with E-state index in [1.54, 1.807) is 13.8 Å². The van der Waals surface area contributed by atoms with Crippen molar-refractivity contribution in [1.29, 1.82) is 0 Å². The minimum atomic E-state index is -0.714. The Morgan fingerprint density at radius 2 is 2.12 bits per heavy atom. The number of hydrogen-bond acceptors (Lipinski definition) is 3. The zero-order valence-corrected chi connectivity index (χ0v) is 11.3. The molecule has 1 aromatic rings. The van der Waals surface area contributed by atoms with Gasteiger partial charge in [-0.1, -0.05) is 24.4 Å². The summed E-state index contributed by atoms with van der Waals surface area (Å²) in [5.41, 5.74) is 6.68. The molecular weight excluding hydrogens is 234 g/mol. The predicted molar refractivity (Wildman–Crippen MR) is 73.5 cm³/mol. The molecule has 0 aliphatic carbocycles. The van der Waals surface area contributed by atoms with Crippen LogP contribution in [0.5, 0.6) is 5.75 Å². The molecule has 0 saturated heterocycles. The van der Waals surface area contributed by atoms with Crippen molar-refractivity contribution in [2.45, 2.75) is 32.8 Å². The first-order valence-electron chi connectivity index (χ1n) is 5.55. The summed E-state index contributed by atoms with van der Waals surface area (Å²) in [7, 11) is 0. The van der Waals surface area contributed by atoms with Crippen molar-refractivity contribution < 1.29 is 9.84 Å². The van der Waals surface area contributed by atoms with Crippen LogP contribution in [-0.2, 0) is 0 Å². The van der Waals surface area contributed by atoms with Crippen LogP contribution in [0, 0.1) is 6.92 Å². The third-order valence-electron chi connectivity index (χ3n) is 2.44. The van der Waals surface area contributed by atoms with Crippen LogP contribution in [0.25, 0.3) is 0 Å². The van der Waals surface area contributed by atoms with Crippen molar-refractivity contribution in [3.63, 3.8) is 0 Å². The first kappa shape index (κ1) is 13.9. The van der Waals surface area contributed by atoms with E-state index in [-0.39, 0.29) is 0 Å². The largest absolute Gasteiger partial charge is 0.493 e. The van der Waals surface area contributed by atoms with Gasteiger partial charge in [0.2, 0.25) is 0 Å². The number of nitrogens with two attached hydrogens (primary N) is 1. The number of hydrogen-bond donors (Lipinski definition) is 2. The van der Waals surface area contributed by atoms with Gasteiger partial charge in [0.15, 0.2) is 0 Å². The van der Waals surface area contributed by atoms with Crippen LogP contribution in [0.4, 0.5) is 0 Å². The predicted octanol–water partition coefficient (Wildman–Crippen LogP) is 2.17. The molecule has 0 unspecified atom stereocenters. The summed E-state index contributed by atoms with van der Waals surface area (Å²) in [4.78, 5) is 0.359. The molecule has 0 aliphatic heterocycles. The lowest BCUT2D eigenvalue weighted by atomic mass is 10.1. The van der Waals surface area contributed by atoms with Gasteiger partial charge in [-0.05, 0) is 32.4 Å². The van der Waals surface area contributed by atoms with Crippen molar-refractivity contribution in [3.8, 4) is 5.75 Å². The molecule has 4 heteroatoms. The molecule has 0 fully saturated rings. The first-order chi connectivity index (χ1) is 7.79. The SMILES string of the molecule is Cc1ccc(C(N)=S)cc1OCCC(C)(C)O. The third-order valence-corrected chi connectivity index (χ3v) is 2.68. The lowest BCUT2D eigenvalue weighted by Gasteiger charge is -2.18. The molecule has 0 radical (unpaired) electrons. The summed E-state index contributed by atoms with van der Waals surface area (Å²) in [5, 5.41) is 9.59. The molecule has 0 heterocycles. The third kappa shape index (κ3) is 4.71. The Morgan fingerprint density at radius 3 is 2.65 bits per heavy atom. The van der Waals surface area contributed by atoms with Crippen LogP contribution in [-0.4, -0.2) is 22.3 Å². The van der Waals surface area contributed by atoms with Gasteiger partial charge in [-0.2, -0.15) is 0 Å². The standard InChI is InChI=1S/C13H19NO2S/c1-9-4-5-10(12(14)17)8-11(9)16-7-6-13(2,3)15/h4-5,8,15H,6-7H2,1-3H3,(H2,14,17). The van der Waals surface area contributed by atoms with E-state index in [4.69, 9.17) is 22.7 Å². The van der Waals surface area contributed by atoms with E-state index in [1.807, 2.05) is 25.1 Å². The molecule has 0 spiro atoms. The van der Waals surface area contributed by atoms with Crippen molar-refractivity contribution in [2.75, 3.05) is 6.61 Å². The van der Waals surface area contributed by atoms with Crippen molar-refractivity contribution in [1.82, 2.24) is 0 Å². The number of aliphatic hydroxyl groups is 1. The molecule has 0 amide bonds. The smallest absolute Gasteiger partial charge is 0.122 e. The van der Waals surface area contributed by atoms with Crippen LogP contribution in [0.3, 0.4) is 0 Å². The van der Waals surface area contributed by atoms with Gasteiger partial charge < -0.3 is 15.6 Å². The molecule has 0 atom stereocenters. The van der Waals surface area contributed by atoms with Crippen LogP contribution in [0.1, 0.15) is 31.4 Å². The Kier molecular flexibility index (Phi) is 4.48. The number of ether oxygens (including phenoxy) is 1. The van der Waals surface area contributed by atoms with Crippen LogP contribution in [0.2, 0.25) is 0 Å². The minimum absolute atomic E-state index is 0.359.